The van der Waals surface area contributed by atoms with Gasteiger partial charge in [-0.15, -0.1) is 0 Å². The molecule has 0 atom stereocenters. The van der Waals surface area contributed by atoms with E-state index in [9.17, 15) is 0 Å². The summed E-state index contributed by atoms with van der Waals surface area (Å²) in [5.41, 5.74) is 16.6. The van der Waals surface area contributed by atoms with Crippen LogP contribution in [0.3, 0.4) is 0 Å². The predicted octanol–water partition coefficient (Wildman–Crippen LogP) is 15.7. The van der Waals surface area contributed by atoms with Crippen molar-refractivity contribution in [2.45, 2.75) is 0 Å². The third-order valence-corrected chi connectivity index (χ3v) is 12.4. The number of furan rings is 2. The monoisotopic (exact) mass is 805 g/mol. The van der Waals surface area contributed by atoms with E-state index in [-0.39, 0.29) is 0 Å². The van der Waals surface area contributed by atoms with Crippen LogP contribution in [-0.4, -0.2) is 14.5 Å². The second-order valence-electron chi connectivity index (χ2n) is 16.1. The SMILES string of the molecule is c1ccc(-c2ccc(-c3ccc4oc5c(-c6cccc7oc8ccc(-c9ccc%10c(c9)c9ccccc9n%10-c9ccccc9)cc8c67)nc(-c6ccccc6)nc5c4c3)cc2)cc1. The van der Waals surface area contributed by atoms with Crippen LogP contribution in [0.5, 0.6) is 0 Å². The molecule has 13 rings (SSSR count). The van der Waals surface area contributed by atoms with Crippen molar-refractivity contribution in [1.29, 1.82) is 0 Å². The number of benzene rings is 9. The zero-order valence-corrected chi connectivity index (χ0v) is 33.9. The quantitative estimate of drug-likeness (QED) is 0.168. The zero-order chi connectivity index (χ0) is 41.4. The van der Waals surface area contributed by atoms with Crippen LogP contribution in [0.2, 0.25) is 0 Å². The molecule has 0 aliphatic rings. The summed E-state index contributed by atoms with van der Waals surface area (Å²) in [5, 5.41) is 5.35. The number of rotatable bonds is 6. The Hall–Kier alpha value is -8.54. The van der Waals surface area contributed by atoms with Crippen LogP contribution in [0, 0.1) is 0 Å². The highest BCUT2D eigenvalue weighted by Gasteiger charge is 2.23. The smallest absolute Gasteiger partial charge is 0.180 e. The first-order chi connectivity index (χ1) is 31.2. The molecule has 9 aromatic carbocycles. The normalized spacial score (nSPS) is 11.8. The van der Waals surface area contributed by atoms with E-state index in [2.05, 4.69) is 180 Å². The van der Waals surface area contributed by atoms with E-state index in [4.69, 9.17) is 18.8 Å². The van der Waals surface area contributed by atoms with Crippen LogP contribution in [0.1, 0.15) is 0 Å². The van der Waals surface area contributed by atoms with Gasteiger partial charge < -0.3 is 13.4 Å². The first kappa shape index (κ1) is 35.2. The van der Waals surface area contributed by atoms with Crippen molar-refractivity contribution < 1.29 is 8.83 Å². The van der Waals surface area contributed by atoms with Crippen molar-refractivity contribution in [3.63, 3.8) is 0 Å². The Labute approximate surface area is 361 Å². The molecular formula is C58H35N3O2. The Bertz CT molecular complexity index is 3880. The molecule has 0 saturated carbocycles. The molecule has 294 valence electrons. The van der Waals surface area contributed by atoms with Crippen molar-refractivity contribution in [2.75, 3.05) is 0 Å². The first-order valence-electron chi connectivity index (χ1n) is 21.2. The fraction of sp³-hybridized carbons (Fsp3) is 0. The van der Waals surface area contributed by atoms with Gasteiger partial charge in [0.15, 0.2) is 11.4 Å². The van der Waals surface area contributed by atoms with E-state index in [0.29, 0.717) is 11.4 Å². The molecule has 0 bridgehead atoms. The average molecular weight is 806 g/mol. The Kier molecular flexibility index (Phi) is 7.84. The van der Waals surface area contributed by atoms with Gasteiger partial charge in [0, 0.05) is 43.7 Å². The maximum absolute atomic E-state index is 6.78. The third kappa shape index (κ3) is 5.71. The minimum Gasteiger partial charge on any atom is -0.456 e. The molecule has 63 heavy (non-hydrogen) atoms. The van der Waals surface area contributed by atoms with Crippen molar-refractivity contribution in [2.24, 2.45) is 0 Å². The molecule has 0 saturated heterocycles. The lowest BCUT2D eigenvalue weighted by molar-refractivity contribution is 0.667. The molecule has 0 amide bonds. The molecule has 5 heteroatoms. The van der Waals surface area contributed by atoms with Crippen molar-refractivity contribution in [3.05, 3.63) is 212 Å². The maximum atomic E-state index is 6.78. The van der Waals surface area contributed by atoms with Crippen LogP contribution in [0.15, 0.2) is 221 Å². The van der Waals surface area contributed by atoms with Crippen LogP contribution < -0.4 is 0 Å². The minimum absolute atomic E-state index is 0.631. The van der Waals surface area contributed by atoms with Gasteiger partial charge in [-0.05, 0) is 94.0 Å². The standard InChI is InChI=1S/C58H35N3O2/c1-4-13-36(14-5-1)37-23-25-38(26-24-37)40-28-32-52-48(35-40)56-57(63-52)55(59-58(60-56)39-15-6-2-7-16-39)45-20-12-22-53-54(45)47-34-42(29-31-51(47)62-53)41-27-30-50-46(33-41)44-19-10-11-21-49(44)61(50)43-17-8-3-9-18-43/h1-35H. The topological polar surface area (TPSA) is 57.0 Å². The van der Waals surface area contributed by atoms with E-state index >= 15 is 0 Å². The highest BCUT2D eigenvalue weighted by Crippen LogP contribution is 2.43. The molecule has 4 aromatic heterocycles. The summed E-state index contributed by atoms with van der Waals surface area (Å²) in [7, 11) is 0. The number of para-hydroxylation sites is 2. The summed E-state index contributed by atoms with van der Waals surface area (Å²) < 4.78 is 15.7. The molecule has 0 aliphatic heterocycles. The zero-order valence-electron chi connectivity index (χ0n) is 33.9. The van der Waals surface area contributed by atoms with E-state index in [1.807, 2.05) is 36.4 Å². The fourth-order valence-corrected chi connectivity index (χ4v) is 9.42. The van der Waals surface area contributed by atoms with E-state index < -0.39 is 0 Å². The molecule has 13 aromatic rings. The van der Waals surface area contributed by atoms with Gasteiger partial charge in [-0.25, -0.2) is 9.97 Å². The second-order valence-corrected chi connectivity index (χ2v) is 16.1. The first-order valence-corrected chi connectivity index (χ1v) is 21.2. The van der Waals surface area contributed by atoms with Gasteiger partial charge in [-0.1, -0.05) is 152 Å². The van der Waals surface area contributed by atoms with Gasteiger partial charge in [0.2, 0.25) is 0 Å². The van der Waals surface area contributed by atoms with Crippen molar-refractivity contribution >= 4 is 65.8 Å². The van der Waals surface area contributed by atoms with Gasteiger partial charge in [-0.3, -0.25) is 0 Å². The molecule has 0 radical (unpaired) electrons. The van der Waals surface area contributed by atoms with Gasteiger partial charge in [0.1, 0.15) is 28.0 Å². The van der Waals surface area contributed by atoms with Crippen LogP contribution in [-0.2, 0) is 0 Å². The molecule has 0 aliphatic carbocycles. The lowest BCUT2D eigenvalue weighted by atomic mass is 9.98. The molecule has 0 N–H and O–H groups in total. The highest BCUT2D eigenvalue weighted by molar-refractivity contribution is 6.17. The molecule has 5 nitrogen and oxygen atoms in total. The summed E-state index contributed by atoms with van der Waals surface area (Å²) in [5.74, 6) is 0.631. The summed E-state index contributed by atoms with van der Waals surface area (Å²) in [6.45, 7) is 0. The lowest BCUT2D eigenvalue weighted by Gasteiger charge is -2.09. The molecule has 0 spiro atoms. The van der Waals surface area contributed by atoms with Gasteiger partial charge in [-0.2, -0.15) is 0 Å². The Morgan fingerprint density at radius 3 is 1.67 bits per heavy atom. The number of aromatic nitrogens is 3. The molecular weight excluding hydrogens is 771 g/mol. The maximum Gasteiger partial charge on any atom is 0.180 e. The summed E-state index contributed by atoms with van der Waals surface area (Å²) >= 11 is 0. The summed E-state index contributed by atoms with van der Waals surface area (Å²) in [6.07, 6.45) is 0. The highest BCUT2D eigenvalue weighted by atomic mass is 16.3. The van der Waals surface area contributed by atoms with Crippen molar-refractivity contribution in [1.82, 2.24) is 14.5 Å². The van der Waals surface area contributed by atoms with Crippen LogP contribution in [0.4, 0.5) is 0 Å². The van der Waals surface area contributed by atoms with Crippen LogP contribution >= 0.6 is 0 Å². The second kappa shape index (κ2) is 14.0. The summed E-state index contributed by atoms with van der Waals surface area (Å²) in [6, 6.07) is 74.4. The van der Waals surface area contributed by atoms with Crippen LogP contribution in [0.25, 0.3) is 128 Å². The predicted molar refractivity (Wildman–Crippen MR) is 258 cm³/mol. The molecule has 0 fully saturated rings. The number of fused-ring (bicyclic) bond motifs is 9. The van der Waals surface area contributed by atoms with E-state index in [0.717, 1.165) is 83.2 Å². The Morgan fingerprint density at radius 2 is 0.905 bits per heavy atom. The minimum atomic E-state index is 0.631. The van der Waals surface area contributed by atoms with Gasteiger partial charge in [0.25, 0.3) is 0 Å². The number of nitrogens with zero attached hydrogens (tertiary/aromatic N) is 3. The Morgan fingerprint density at radius 1 is 0.349 bits per heavy atom. The third-order valence-electron chi connectivity index (χ3n) is 12.4. The van der Waals surface area contributed by atoms with Crippen molar-refractivity contribution in [3.8, 4) is 61.7 Å². The van der Waals surface area contributed by atoms with Gasteiger partial charge in [0.05, 0.1) is 11.0 Å². The fourth-order valence-electron chi connectivity index (χ4n) is 9.42. The number of hydrogen-bond donors (Lipinski definition) is 0. The largest absolute Gasteiger partial charge is 0.456 e. The summed E-state index contributed by atoms with van der Waals surface area (Å²) in [4.78, 5) is 10.5. The molecule has 4 heterocycles. The van der Waals surface area contributed by atoms with Gasteiger partial charge >= 0.3 is 0 Å². The molecule has 0 unspecified atom stereocenters. The Balaban J connectivity index is 0.984. The average Bonchev–Trinajstić information content (AvgIpc) is 4.03. The van der Waals surface area contributed by atoms with E-state index in [1.165, 1.54) is 32.9 Å². The van der Waals surface area contributed by atoms with E-state index in [1.54, 1.807) is 0 Å². The lowest BCUT2D eigenvalue weighted by Crippen LogP contribution is -1.94. The number of hydrogen-bond acceptors (Lipinski definition) is 4.